The maximum atomic E-state index is 12.0. The maximum absolute atomic E-state index is 12.0. The Morgan fingerprint density at radius 2 is 2.05 bits per heavy atom. The van der Waals surface area contributed by atoms with Crippen LogP contribution in [0.3, 0.4) is 0 Å². The summed E-state index contributed by atoms with van der Waals surface area (Å²) in [6.45, 7) is 2.26. The third-order valence-electron chi connectivity index (χ3n) is 3.56. The van der Waals surface area contributed by atoms with Gasteiger partial charge in [-0.2, -0.15) is 0 Å². The van der Waals surface area contributed by atoms with Crippen LogP contribution >= 0.6 is 15.9 Å². The molecule has 1 aliphatic rings. The van der Waals surface area contributed by atoms with Crippen LogP contribution in [-0.4, -0.2) is 38.3 Å². The van der Waals surface area contributed by atoms with E-state index in [1.807, 2.05) is 24.3 Å². The maximum Gasteiger partial charge on any atom is 0.237 e. The van der Waals surface area contributed by atoms with Crippen LogP contribution in [0.25, 0.3) is 0 Å². The second-order valence-corrected chi connectivity index (χ2v) is 5.98. The topological polar surface area (TPSA) is 73.6 Å². The molecule has 116 valence electrons. The molecular weight excluding hydrogens is 336 g/mol. The van der Waals surface area contributed by atoms with Gasteiger partial charge < -0.3 is 20.5 Å². The molecule has 3 N–H and O–H groups in total. The van der Waals surface area contributed by atoms with Gasteiger partial charge in [-0.1, -0.05) is 15.9 Å². The summed E-state index contributed by atoms with van der Waals surface area (Å²) in [6, 6.07) is 7.12. The molecule has 0 saturated carbocycles. The third kappa shape index (κ3) is 5.30. The molecule has 1 amide bonds. The van der Waals surface area contributed by atoms with Crippen LogP contribution in [0.4, 0.5) is 0 Å². The Kier molecular flexibility index (Phi) is 6.48. The Morgan fingerprint density at radius 3 is 2.71 bits per heavy atom. The lowest BCUT2D eigenvalue weighted by atomic mass is 9.92. The van der Waals surface area contributed by atoms with Crippen molar-refractivity contribution in [3.8, 4) is 5.75 Å². The predicted molar refractivity (Wildman–Crippen MR) is 84.2 cm³/mol. The highest BCUT2D eigenvalue weighted by Crippen LogP contribution is 2.18. The lowest BCUT2D eigenvalue weighted by Crippen LogP contribution is -2.47. The molecular formula is C15H21BrN2O3. The Morgan fingerprint density at radius 1 is 1.38 bits per heavy atom. The number of carbonyl (C=O) groups excluding carboxylic acids is 1. The van der Waals surface area contributed by atoms with Gasteiger partial charge in [-0.15, -0.1) is 0 Å². The number of carbonyl (C=O) groups is 1. The number of halogens is 1. The van der Waals surface area contributed by atoms with E-state index in [4.69, 9.17) is 15.2 Å². The fourth-order valence-electron chi connectivity index (χ4n) is 2.28. The molecule has 1 heterocycles. The summed E-state index contributed by atoms with van der Waals surface area (Å²) in [6.07, 6.45) is 1.70. The van der Waals surface area contributed by atoms with Gasteiger partial charge in [0, 0.05) is 17.7 Å². The van der Waals surface area contributed by atoms with Gasteiger partial charge >= 0.3 is 0 Å². The number of hydrogen-bond donors (Lipinski definition) is 2. The number of amides is 1. The molecule has 5 nitrogen and oxygen atoms in total. The van der Waals surface area contributed by atoms with E-state index in [1.54, 1.807) is 0 Å². The summed E-state index contributed by atoms with van der Waals surface area (Å²) < 4.78 is 11.8. The van der Waals surface area contributed by atoms with E-state index < -0.39 is 6.04 Å². The molecule has 1 unspecified atom stereocenters. The van der Waals surface area contributed by atoms with E-state index in [9.17, 15) is 4.79 Å². The van der Waals surface area contributed by atoms with Crippen molar-refractivity contribution in [3.63, 3.8) is 0 Å². The van der Waals surface area contributed by atoms with Crippen molar-refractivity contribution in [1.82, 2.24) is 5.32 Å². The summed E-state index contributed by atoms with van der Waals surface area (Å²) in [4.78, 5) is 12.0. The lowest BCUT2D eigenvalue weighted by molar-refractivity contribution is -0.124. The van der Waals surface area contributed by atoms with E-state index >= 15 is 0 Å². The van der Waals surface area contributed by atoms with E-state index in [2.05, 4.69) is 21.2 Å². The fourth-order valence-corrected chi connectivity index (χ4v) is 2.55. The minimum atomic E-state index is -0.457. The third-order valence-corrected chi connectivity index (χ3v) is 4.09. The molecule has 6 heteroatoms. The molecule has 21 heavy (non-hydrogen) atoms. The largest absolute Gasteiger partial charge is 0.492 e. The number of rotatable bonds is 6. The molecule has 1 aliphatic heterocycles. The highest BCUT2D eigenvalue weighted by molar-refractivity contribution is 9.10. The second kappa shape index (κ2) is 8.36. The van der Waals surface area contributed by atoms with Crippen molar-refractivity contribution in [1.29, 1.82) is 0 Å². The average Bonchev–Trinajstić information content (AvgIpc) is 2.53. The Hall–Kier alpha value is -1.11. The van der Waals surface area contributed by atoms with Gasteiger partial charge in [-0.3, -0.25) is 4.79 Å². The zero-order chi connectivity index (χ0) is 15.1. The van der Waals surface area contributed by atoms with Crippen molar-refractivity contribution in [2.75, 3.05) is 26.4 Å². The van der Waals surface area contributed by atoms with Gasteiger partial charge in [-0.25, -0.2) is 0 Å². The smallest absolute Gasteiger partial charge is 0.237 e. The highest BCUT2D eigenvalue weighted by atomic mass is 79.9. The first kappa shape index (κ1) is 16.3. The standard InChI is InChI=1S/C15H21BrN2O3/c16-12-1-3-13(4-2-12)21-10-7-18-15(19)14(17)11-5-8-20-9-6-11/h1-4,11,14H,5-10,17H2,(H,18,19). The van der Waals surface area contributed by atoms with Crippen molar-refractivity contribution in [2.45, 2.75) is 18.9 Å². The summed E-state index contributed by atoms with van der Waals surface area (Å²) in [7, 11) is 0. The molecule has 0 aromatic heterocycles. The second-order valence-electron chi connectivity index (χ2n) is 5.07. The predicted octanol–water partition coefficient (Wildman–Crippen LogP) is 1.70. The molecule has 1 atom stereocenters. The average molecular weight is 357 g/mol. The van der Waals surface area contributed by atoms with Crippen molar-refractivity contribution < 1.29 is 14.3 Å². The fraction of sp³-hybridized carbons (Fsp3) is 0.533. The number of nitrogens with one attached hydrogen (secondary N) is 1. The van der Waals surface area contributed by atoms with Crippen LogP contribution in [0.1, 0.15) is 12.8 Å². The minimum Gasteiger partial charge on any atom is -0.492 e. The quantitative estimate of drug-likeness (QED) is 0.760. The van der Waals surface area contributed by atoms with E-state index in [0.29, 0.717) is 26.4 Å². The first-order valence-corrected chi connectivity index (χ1v) is 7.95. The Bertz CT molecular complexity index is 447. The highest BCUT2D eigenvalue weighted by Gasteiger charge is 2.26. The summed E-state index contributed by atoms with van der Waals surface area (Å²) >= 11 is 3.36. The first-order chi connectivity index (χ1) is 10.2. The van der Waals surface area contributed by atoms with Crippen molar-refractivity contribution in [3.05, 3.63) is 28.7 Å². The van der Waals surface area contributed by atoms with Crippen LogP contribution < -0.4 is 15.8 Å². The zero-order valence-corrected chi connectivity index (χ0v) is 13.5. The number of benzene rings is 1. The van der Waals surface area contributed by atoms with E-state index in [0.717, 1.165) is 23.1 Å². The molecule has 0 aliphatic carbocycles. The summed E-state index contributed by atoms with van der Waals surface area (Å²) in [5.41, 5.74) is 5.99. The summed E-state index contributed by atoms with van der Waals surface area (Å²) in [5.74, 6) is 0.883. The molecule has 0 spiro atoms. The first-order valence-electron chi connectivity index (χ1n) is 7.16. The van der Waals surface area contributed by atoms with Gasteiger partial charge in [0.05, 0.1) is 12.6 Å². The Labute approximate surface area is 133 Å². The monoisotopic (exact) mass is 356 g/mol. The SMILES string of the molecule is NC(C(=O)NCCOc1ccc(Br)cc1)C1CCOCC1. The molecule has 1 saturated heterocycles. The van der Waals surface area contributed by atoms with Crippen molar-refractivity contribution >= 4 is 21.8 Å². The number of ether oxygens (including phenoxy) is 2. The number of nitrogens with two attached hydrogens (primary N) is 1. The van der Waals surface area contributed by atoms with Crippen molar-refractivity contribution in [2.24, 2.45) is 11.7 Å². The van der Waals surface area contributed by atoms with Gasteiger partial charge in [-0.05, 0) is 43.0 Å². The normalized spacial score (nSPS) is 17.2. The summed E-state index contributed by atoms with van der Waals surface area (Å²) in [5, 5.41) is 2.82. The molecule has 0 bridgehead atoms. The Balaban J connectivity index is 1.65. The van der Waals surface area contributed by atoms with Crippen LogP contribution in [0, 0.1) is 5.92 Å². The molecule has 1 fully saturated rings. The van der Waals surface area contributed by atoms with E-state index in [1.165, 1.54) is 0 Å². The van der Waals surface area contributed by atoms with Crippen LogP contribution in [0.2, 0.25) is 0 Å². The molecule has 1 aromatic rings. The number of hydrogen-bond acceptors (Lipinski definition) is 4. The van der Waals surface area contributed by atoms with E-state index in [-0.39, 0.29) is 11.8 Å². The van der Waals surface area contributed by atoms with Crippen LogP contribution in [-0.2, 0) is 9.53 Å². The van der Waals surface area contributed by atoms with Crippen LogP contribution in [0.5, 0.6) is 5.75 Å². The molecule has 0 radical (unpaired) electrons. The molecule has 2 rings (SSSR count). The zero-order valence-electron chi connectivity index (χ0n) is 11.9. The van der Waals surface area contributed by atoms with Gasteiger partial charge in [0.25, 0.3) is 0 Å². The van der Waals surface area contributed by atoms with Gasteiger partial charge in [0.1, 0.15) is 12.4 Å². The van der Waals surface area contributed by atoms with Crippen LogP contribution in [0.15, 0.2) is 28.7 Å². The van der Waals surface area contributed by atoms with Gasteiger partial charge in [0.2, 0.25) is 5.91 Å². The van der Waals surface area contributed by atoms with Gasteiger partial charge in [0.15, 0.2) is 0 Å². The minimum absolute atomic E-state index is 0.110. The molecule has 1 aromatic carbocycles. The lowest BCUT2D eigenvalue weighted by Gasteiger charge is -2.26.